The smallest absolute Gasteiger partial charge is 0.415 e. The maximum absolute atomic E-state index is 12.5. The molecular weight excluding hydrogens is 420 g/mol. The number of nitrogens with one attached hydrogen (secondary N) is 2. The van der Waals surface area contributed by atoms with Gasteiger partial charge in [0, 0.05) is 19.2 Å². The Kier molecular flexibility index (Phi) is 8.90. The van der Waals surface area contributed by atoms with Crippen molar-refractivity contribution in [2.45, 2.75) is 13.8 Å². The first-order chi connectivity index (χ1) is 15.4. The van der Waals surface area contributed by atoms with Gasteiger partial charge in [0.15, 0.2) is 17.4 Å². The van der Waals surface area contributed by atoms with Gasteiger partial charge in [0.25, 0.3) is 0 Å². The molecule has 0 radical (unpaired) electrons. The molecule has 0 spiro atoms. The van der Waals surface area contributed by atoms with Gasteiger partial charge in [-0.3, -0.25) is 10.6 Å². The van der Waals surface area contributed by atoms with Crippen LogP contribution in [0.2, 0.25) is 0 Å². The highest BCUT2D eigenvalue weighted by Gasteiger charge is 2.21. The van der Waals surface area contributed by atoms with Gasteiger partial charge in [-0.15, -0.1) is 5.11 Å². The number of hydrogen-bond donors (Lipinski definition) is 2. The van der Waals surface area contributed by atoms with Crippen LogP contribution >= 0.6 is 0 Å². The van der Waals surface area contributed by atoms with Crippen LogP contribution in [0.5, 0.6) is 5.75 Å². The lowest BCUT2D eigenvalue weighted by atomic mass is 10.3. The standard InChI is InChI=1S/C20H24N6O6/c1-5-26(6-2)20(29)32-15-12-14(25-24-13-10-8-7-9-11-13)16(22-18(27)30-3)21-17(15)23-19(28)31-4/h7-12H,5-6H2,1-4H3,(H2,21,22,23,27,28)/b25-24+. The highest BCUT2D eigenvalue weighted by atomic mass is 16.6. The third-order valence-corrected chi connectivity index (χ3v) is 4.03. The zero-order chi connectivity index (χ0) is 23.5. The molecule has 0 fully saturated rings. The Morgan fingerprint density at radius 2 is 1.53 bits per heavy atom. The van der Waals surface area contributed by atoms with Crippen LogP contribution in [0.15, 0.2) is 46.6 Å². The summed E-state index contributed by atoms with van der Waals surface area (Å²) in [6, 6.07) is 10.1. The van der Waals surface area contributed by atoms with E-state index in [0.717, 1.165) is 7.11 Å². The normalized spacial score (nSPS) is 10.4. The number of nitrogens with zero attached hydrogens (tertiary/aromatic N) is 4. The van der Waals surface area contributed by atoms with Crippen LogP contribution < -0.4 is 15.4 Å². The molecule has 170 valence electrons. The van der Waals surface area contributed by atoms with Crippen LogP contribution in [0.4, 0.5) is 37.4 Å². The molecule has 0 bridgehead atoms. The van der Waals surface area contributed by atoms with E-state index < -0.39 is 18.3 Å². The molecule has 0 saturated heterocycles. The topological polar surface area (TPSA) is 144 Å². The largest absolute Gasteiger partial charge is 0.453 e. The lowest BCUT2D eigenvalue weighted by molar-refractivity contribution is 0.157. The average Bonchev–Trinajstić information content (AvgIpc) is 2.80. The molecule has 0 aliphatic carbocycles. The van der Waals surface area contributed by atoms with Crippen LogP contribution in [-0.2, 0) is 9.47 Å². The van der Waals surface area contributed by atoms with Crippen LogP contribution in [0.3, 0.4) is 0 Å². The number of hydrogen-bond acceptors (Lipinski definition) is 9. The van der Waals surface area contributed by atoms with Crippen molar-refractivity contribution in [3.05, 3.63) is 36.4 Å². The minimum atomic E-state index is -0.861. The monoisotopic (exact) mass is 444 g/mol. The Morgan fingerprint density at radius 1 is 0.938 bits per heavy atom. The quantitative estimate of drug-likeness (QED) is 0.589. The highest BCUT2D eigenvalue weighted by molar-refractivity contribution is 5.91. The van der Waals surface area contributed by atoms with Crippen molar-refractivity contribution in [3.8, 4) is 5.75 Å². The maximum atomic E-state index is 12.5. The number of anilines is 2. The van der Waals surface area contributed by atoms with E-state index in [2.05, 4.69) is 35.3 Å². The molecule has 2 aromatic rings. The third kappa shape index (κ3) is 6.65. The van der Waals surface area contributed by atoms with Crippen molar-refractivity contribution in [1.29, 1.82) is 0 Å². The lowest BCUT2D eigenvalue weighted by Crippen LogP contribution is -2.33. The van der Waals surface area contributed by atoms with Gasteiger partial charge in [0.2, 0.25) is 0 Å². The molecule has 1 aromatic carbocycles. The molecule has 0 aliphatic heterocycles. The van der Waals surface area contributed by atoms with Gasteiger partial charge in [-0.05, 0) is 26.0 Å². The van der Waals surface area contributed by atoms with Crippen molar-refractivity contribution in [2.24, 2.45) is 10.2 Å². The molecule has 0 unspecified atom stereocenters. The zero-order valence-electron chi connectivity index (χ0n) is 18.1. The molecule has 12 heteroatoms. The number of benzene rings is 1. The van der Waals surface area contributed by atoms with Gasteiger partial charge < -0.3 is 19.1 Å². The summed E-state index contributed by atoms with van der Waals surface area (Å²) in [5, 5.41) is 12.9. The summed E-state index contributed by atoms with van der Waals surface area (Å²) in [7, 11) is 2.33. The summed E-state index contributed by atoms with van der Waals surface area (Å²) < 4.78 is 14.6. The molecule has 0 aliphatic rings. The summed E-state index contributed by atoms with van der Waals surface area (Å²) in [4.78, 5) is 41.6. The van der Waals surface area contributed by atoms with Crippen molar-refractivity contribution in [2.75, 3.05) is 37.9 Å². The molecule has 1 aromatic heterocycles. The fourth-order valence-corrected chi connectivity index (χ4v) is 2.36. The highest BCUT2D eigenvalue weighted by Crippen LogP contribution is 2.35. The van der Waals surface area contributed by atoms with Gasteiger partial charge in [0.1, 0.15) is 5.69 Å². The van der Waals surface area contributed by atoms with Crippen LogP contribution in [-0.4, -0.2) is 55.5 Å². The predicted molar refractivity (Wildman–Crippen MR) is 116 cm³/mol. The van der Waals surface area contributed by atoms with Gasteiger partial charge in [0.05, 0.1) is 19.9 Å². The molecular formula is C20H24N6O6. The van der Waals surface area contributed by atoms with E-state index >= 15 is 0 Å². The molecule has 12 nitrogen and oxygen atoms in total. The second kappa shape index (κ2) is 11.8. The summed E-state index contributed by atoms with van der Waals surface area (Å²) in [6.07, 6.45) is -2.35. The number of azo groups is 1. The van der Waals surface area contributed by atoms with Crippen molar-refractivity contribution in [1.82, 2.24) is 9.88 Å². The molecule has 0 saturated carbocycles. The second-order valence-corrected chi connectivity index (χ2v) is 6.01. The van der Waals surface area contributed by atoms with E-state index in [4.69, 9.17) is 4.74 Å². The Morgan fingerprint density at radius 3 is 2.09 bits per heavy atom. The number of ether oxygens (including phenoxy) is 3. The Balaban J connectivity index is 2.54. The van der Waals surface area contributed by atoms with E-state index in [1.54, 1.807) is 38.1 Å². The number of methoxy groups -OCH3 is 2. The number of carbonyl (C=O) groups is 3. The molecule has 32 heavy (non-hydrogen) atoms. The number of pyridine rings is 1. The summed E-state index contributed by atoms with van der Waals surface area (Å²) in [6.45, 7) is 4.40. The number of amides is 3. The first kappa shape index (κ1) is 24.1. The maximum Gasteiger partial charge on any atom is 0.415 e. The van der Waals surface area contributed by atoms with Crippen LogP contribution in [0.25, 0.3) is 0 Å². The summed E-state index contributed by atoms with van der Waals surface area (Å²) in [5.41, 5.74) is 0.590. The summed E-state index contributed by atoms with van der Waals surface area (Å²) in [5.74, 6) is -0.391. The van der Waals surface area contributed by atoms with Crippen molar-refractivity contribution < 1.29 is 28.6 Å². The van der Waals surface area contributed by atoms with Crippen LogP contribution in [0, 0.1) is 0 Å². The lowest BCUT2D eigenvalue weighted by Gasteiger charge is -2.19. The average molecular weight is 444 g/mol. The Labute approximate surface area is 184 Å². The van der Waals surface area contributed by atoms with E-state index in [-0.39, 0.29) is 23.1 Å². The number of rotatable bonds is 7. The van der Waals surface area contributed by atoms with Crippen molar-refractivity contribution >= 4 is 41.3 Å². The number of carbonyl (C=O) groups excluding carboxylic acids is 3. The fraction of sp³-hybridized carbons (Fsp3) is 0.300. The van der Waals surface area contributed by atoms with E-state index in [1.807, 2.05) is 6.07 Å². The minimum absolute atomic E-state index is 0.0528. The molecule has 3 amide bonds. The van der Waals surface area contributed by atoms with Gasteiger partial charge in [-0.1, -0.05) is 18.2 Å². The second-order valence-electron chi connectivity index (χ2n) is 6.01. The van der Waals surface area contributed by atoms with Gasteiger partial charge >= 0.3 is 18.3 Å². The fourth-order valence-electron chi connectivity index (χ4n) is 2.36. The Bertz CT molecular complexity index is 978. The van der Waals surface area contributed by atoms with E-state index in [1.165, 1.54) is 18.1 Å². The molecule has 2 rings (SSSR count). The predicted octanol–water partition coefficient (Wildman–Crippen LogP) is 4.69. The van der Waals surface area contributed by atoms with Gasteiger partial charge in [-0.2, -0.15) is 5.11 Å². The molecule has 2 N–H and O–H groups in total. The zero-order valence-corrected chi connectivity index (χ0v) is 18.1. The Hall–Kier alpha value is -4.22. The van der Waals surface area contributed by atoms with E-state index in [9.17, 15) is 14.4 Å². The third-order valence-electron chi connectivity index (χ3n) is 4.03. The van der Waals surface area contributed by atoms with Crippen LogP contribution in [0.1, 0.15) is 13.8 Å². The molecule has 0 atom stereocenters. The van der Waals surface area contributed by atoms with E-state index in [0.29, 0.717) is 18.8 Å². The summed E-state index contributed by atoms with van der Waals surface area (Å²) >= 11 is 0. The minimum Gasteiger partial charge on any atom is -0.453 e. The molecule has 1 heterocycles. The van der Waals surface area contributed by atoms with Crippen molar-refractivity contribution in [3.63, 3.8) is 0 Å². The first-order valence-electron chi connectivity index (χ1n) is 9.60. The van der Waals surface area contributed by atoms with Gasteiger partial charge in [-0.25, -0.2) is 19.4 Å². The first-order valence-corrected chi connectivity index (χ1v) is 9.60. The number of aromatic nitrogens is 1. The SMILES string of the molecule is CCN(CC)C(=O)Oc1cc(/N=N/c2ccccc2)c(NC(=O)OC)nc1NC(=O)OC.